The first-order valence-electron chi connectivity index (χ1n) is 11.1. The summed E-state index contributed by atoms with van der Waals surface area (Å²) in [5.74, 6) is 0.649. The lowest BCUT2D eigenvalue weighted by atomic mass is 10.1. The van der Waals surface area contributed by atoms with Crippen LogP contribution in [-0.2, 0) is 9.47 Å². The van der Waals surface area contributed by atoms with Gasteiger partial charge in [0.1, 0.15) is 5.75 Å². The third-order valence-electron chi connectivity index (χ3n) is 5.66. The largest absolute Gasteiger partial charge is 0.497 e. The highest BCUT2D eigenvalue weighted by atomic mass is 16.5. The zero-order valence-electron chi connectivity index (χ0n) is 18.8. The summed E-state index contributed by atoms with van der Waals surface area (Å²) in [5.41, 5.74) is 0.601. The molecule has 0 radical (unpaired) electrons. The van der Waals surface area contributed by atoms with Crippen molar-refractivity contribution in [1.29, 1.82) is 0 Å². The molecule has 1 atom stereocenters. The zero-order chi connectivity index (χ0) is 22.8. The fourth-order valence-electron chi connectivity index (χ4n) is 3.81. The summed E-state index contributed by atoms with van der Waals surface area (Å²) in [5, 5.41) is 2.81. The van der Waals surface area contributed by atoms with E-state index in [4.69, 9.17) is 14.2 Å². The Morgan fingerprint density at radius 2 is 1.97 bits per heavy atom. The standard InChI is InChI=1S/C23H34N4O5/c1-3-8-24-23(29)27-13-16-32-21(18-27)17-26(10-9-25-11-14-31-15-12-25)22(28)19-4-6-20(30-2)7-5-19/h3-7,21H,1,8-18H2,2H3,(H,24,29). The highest BCUT2D eigenvalue weighted by Gasteiger charge is 2.28. The van der Waals surface area contributed by atoms with E-state index in [0.29, 0.717) is 63.9 Å². The van der Waals surface area contributed by atoms with Crippen molar-refractivity contribution in [3.63, 3.8) is 0 Å². The number of carbonyl (C=O) groups excluding carboxylic acids is 2. The maximum absolute atomic E-state index is 13.3. The molecular formula is C23H34N4O5. The van der Waals surface area contributed by atoms with Crippen LogP contribution in [0.5, 0.6) is 5.75 Å². The lowest BCUT2D eigenvalue weighted by molar-refractivity contribution is -0.0295. The highest BCUT2D eigenvalue weighted by Crippen LogP contribution is 2.15. The van der Waals surface area contributed by atoms with Gasteiger partial charge in [-0.3, -0.25) is 9.69 Å². The van der Waals surface area contributed by atoms with E-state index in [2.05, 4.69) is 16.8 Å². The molecule has 2 aliphatic rings. The number of hydrogen-bond donors (Lipinski definition) is 1. The minimum absolute atomic E-state index is 0.0576. The fourth-order valence-corrected chi connectivity index (χ4v) is 3.81. The average Bonchev–Trinajstić information content (AvgIpc) is 2.85. The Labute approximate surface area is 189 Å². The third-order valence-corrected chi connectivity index (χ3v) is 5.66. The topological polar surface area (TPSA) is 83.6 Å². The number of nitrogens with zero attached hydrogens (tertiary/aromatic N) is 3. The SMILES string of the molecule is C=CCNC(=O)N1CCOC(CN(CCN2CCOCC2)C(=O)c2ccc(OC)cc2)C1. The van der Waals surface area contributed by atoms with Crippen LogP contribution in [0.15, 0.2) is 36.9 Å². The van der Waals surface area contributed by atoms with E-state index < -0.39 is 0 Å². The molecule has 2 aliphatic heterocycles. The summed E-state index contributed by atoms with van der Waals surface area (Å²) < 4.78 is 16.6. The maximum Gasteiger partial charge on any atom is 0.317 e. The van der Waals surface area contributed by atoms with Gasteiger partial charge in [0.2, 0.25) is 0 Å². The number of hydrogen-bond acceptors (Lipinski definition) is 6. The van der Waals surface area contributed by atoms with E-state index in [1.165, 1.54) is 0 Å². The Hall–Kier alpha value is -2.62. The van der Waals surface area contributed by atoms with Gasteiger partial charge >= 0.3 is 6.03 Å². The van der Waals surface area contributed by atoms with Gasteiger partial charge in [0.05, 0.1) is 39.6 Å². The van der Waals surface area contributed by atoms with Crippen LogP contribution in [0.1, 0.15) is 10.4 Å². The fraction of sp³-hybridized carbons (Fsp3) is 0.565. The van der Waals surface area contributed by atoms with Crippen molar-refractivity contribution in [2.45, 2.75) is 6.10 Å². The molecule has 1 N–H and O–H groups in total. The summed E-state index contributed by atoms with van der Waals surface area (Å²) >= 11 is 0. The molecule has 2 heterocycles. The predicted molar refractivity (Wildman–Crippen MR) is 121 cm³/mol. The van der Waals surface area contributed by atoms with Crippen molar-refractivity contribution in [2.75, 3.05) is 79.3 Å². The van der Waals surface area contributed by atoms with Gasteiger partial charge in [-0.25, -0.2) is 4.79 Å². The molecule has 3 rings (SSSR count). The van der Waals surface area contributed by atoms with E-state index in [0.717, 1.165) is 19.6 Å². The van der Waals surface area contributed by atoms with Crippen LogP contribution in [0.4, 0.5) is 4.79 Å². The van der Waals surface area contributed by atoms with Gasteiger partial charge in [0, 0.05) is 51.4 Å². The molecule has 1 aromatic carbocycles. The molecule has 9 nitrogen and oxygen atoms in total. The number of ether oxygens (including phenoxy) is 3. The zero-order valence-corrected chi connectivity index (χ0v) is 18.8. The van der Waals surface area contributed by atoms with Crippen LogP contribution in [0, 0.1) is 0 Å². The Bertz CT molecular complexity index is 751. The first-order valence-corrected chi connectivity index (χ1v) is 11.1. The maximum atomic E-state index is 13.3. The molecule has 1 aromatic rings. The van der Waals surface area contributed by atoms with Gasteiger partial charge in [-0.2, -0.15) is 0 Å². The summed E-state index contributed by atoms with van der Waals surface area (Å²) in [6.07, 6.45) is 1.40. The molecule has 9 heteroatoms. The van der Waals surface area contributed by atoms with Gasteiger partial charge in [0.25, 0.3) is 5.91 Å². The summed E-state index contributed by atoms with van der Waals surface area (Å²) in [4.78, 5) is 31.5. The predicted octanol–water partition coefficient (Wildman–Crippen LogP) is 1.07. The summed E-state index contributed by atoms with van der Waals surface area (Å²) in [7, 11) is 1.60. The van der Waals surface area contributed by atoms with Crippen molar-refractivity contribution in [2.24, 2.45) is 0 Å². The number of methoxy groups -OCH3 is 1. The minimum Gasteiger partial charge on any atom is -0.497 e. The summed E-state index contributed by atoms with van der Waals surface area (Å²) in [6, 6.07) is 6.99. The van der Waals surface area contributed by atoms with Crippen molar-refractivity contribution < 1.29 is 23.8 Å². The van der Waals surface area contributed by atoms with Crippen LogP contribution < -0.4 is 10.1 Å². The third kappa shape index (κ3) is 6.94. The van der Waals surface area contributed by atoms with Crippen molar-refractivity contribution >= 4 is 11.9 Å². The molecule has 32 heavy (non-hydrogen) atoms. The van der Waals surface area contributed by atoms with Crippen LogP contribution in [0.3, 0.4) is 0 Å². The van der Waals surface area contributed by atoms with Crippen LogP contribution in [-0.4, -0.2) is 112 Å². The second-order valence-corrected chi connectivity index (χ2v) is 7.85. The van der Waals surface area contributed by atoms with Crippen molar-refractivity contribution in [3.8, 4) is 5.75 Å². The first kappa shape index (κ1) is 24.0. The lowest BCUT2D eigenvalue weighted by Gasteiger charge is -2.36. The Morgan fingerprint density at radius 3 is 2.66 bits per heavy atom. The summed E-state index contributed by atoms with van der Waals surface area (Å²) in [6.45, 7) is 10.4. The monoisotopic (exact) mass is 446 g/mol. The molecule has 0 aromatic heterocycles. The number of carbonyl (C=O) groups is 2. The highest BCUT2D eigenvalue weighted by molar-refractivity contribution is 5.94. The minimum atomic E-state index is -0.245. The quantitative estimate of drug-likeness (QED) is 0.572. The Balaban J connectivity index is 1.65. The van der Waals surface area contributed by atoms with E-state index in [1.807, 2.05) is 4.90 Å². The second kappa shape index (κ2) is 12.4. The molecule has 0 saturated carbocycles. The van der Waals surface area contributed by atoms with Gasteiger partial charge in [0.15, 0.2) is 0 Å². The first-order chi connectivity index (χ1) is 15.6. The number of urea groups is 1. The second-order valence-electron chi connectivity index (χ2n) is 7.85. The molecular weight excluding hydrogens is 412 g/mol. The number of morpholine rings is 2. The van der Waals surface area contributed by atoms with Crippen LogP contribution in [0.25, 0.3) is 0 Å². The molecule has 2 saturated heterocycles. The van der Waals surface area contributed by atoms with Crippen molar-refractivity contribution in [1.82, 2.24) is 20.0 Å². The number of rotatable bonds is 9. The molecule has 2 fully saturated rings. The van der Waals surface area contributed by atoms with Crippen LogP contribution >= 0.6 is 0 Å². The van der Waals surface area contributed by atoms with Gasteiger partial charge in [-0.15, -0.1) is 6.58 Å². The smallest absolute Gasteiger partial charge is 0.317 e. The van der Waals surface area contributed by atoms with Crippen molar-refractivity contribution in [3.05, 3.63) is 42.5 Å². The molecule has 3 amide bonds. The molecule has 176 valence electrons. The average molecular weight is 447 g/mol. The van der Waals surface area contributed by atoms with E-state index in [1.54, 1.807) is 42.4 Å². The molecule has 0 bridgehead atoms. The Morgan fingerprint density at radius 1 is 1.22 bits per heavy atom. The normalized spacial score (nSPS) is 19.3. The van der Waals surface area contributed by atoms with E-state index in [-0.39, 0.29) is 18.0 Å². The molecule has 0 aliphatic carbocycles. The molecule has 0 spiro atoms. The Kier molecular flexibility index (Phi) is 9.33. The number of nitrogens with one attached hydrogen (secondary N) is 1. The van der Waals surface area contributed by atoms with E-state index >= 15 is 0 Å². The lowest BCUT2D eigenvalue weighted by Crippen LogP contribution is -2.53. The van der Waals surface area contributed by atoms with Gasteiger partial charge < -0.3 is 29.3 Å². The molecule has 1 unspecified atom stereocenters. The number of benzene rings is 1. The number of amides is 3. The van der Waals surface area contributed by atoms with E-state index in [9.17, 15) is 9.59 Å². The van der Waals surface area contributed by atoms with Gasteiger partial charge in [-0.1, -0.05) is 6.08 Å². The van der Waals surface area contributed by atoms with Gasteiger partial charge in [-0.05, 0) is 24.3 Å². The van der Waals surface area contributed by atoms with Crippen LogP contribution in [0.2, 0.25) is 0 Å².